The average Bonchev–Trinajstić information content (AvgIpc) is 2.03. The van der Waals surface area contributed by atoms with E-state index in [4.69, 9.17) is 10.2 Å². The second-order valence-electron chi connectivity index (χ2n) is 3.48. The Morgan fingerprint density at radius 1 is 1.31 bits per heavy atom. The van der Waals surface area contributed by atoms with Crippen LogP contribution in [0.4, 0.5) is 0 Å². The number of hydrogen-bond donors (Lipinski definition) is 2. The summed E-state index contributed by atoms with van der Waals surface area (Å²) in [4.78, 5) is 0. The molecule has 0 radical (unpaired) electrons. The van der Waals surface area contributed by atoms with Crippen molar-refractivity contribution in [2.45, 2.75) is 19.4 Å². The van der Waals surface area contributed by atoms with Crippen molar-refractivity contribution in [3.63, 3.8) is 0 Å². The zero-order valence-electron chi connectivity index (χ0n) is 8.19. The molecule has 0 heterocycles. The van der Waals surface area contributed by atoms with Gasteiger partial charge in [0.1, 0.15) is 0 Å². The summed E-state index contributed by atoms with van der Waals surface area (Å²) < 4.78 is 23.9. The maximum absolute atomic E-state index is 11.4. The molecule has 0 aromatic rings. The molecule has 13 heavy (non-hydrogen) atoms. The summed E-state index contributed by atoms with van der Waals surface area (Å²) in [5.41, 5.74) is -0.825. The van der Waals surface area contributed by atoms with Gasteiger partial charge >= 0.3 is 0 Å². The Kier molecular flexibility index (Phi) is 4.31. The average molecular weight is 211 g/mol. The Balaban J connectivity index is 4.69. The molecule has 0 unspecified atom stereocenters. The lowest BCUT2D eigenvalue weighted by Gasteiger charge is -2.32. The smallest absolute Gasteiger partial charge is 0.216 e. The van der Waals surface area contributed by atoms with Crippen LogP contribution in [0, 0.1) is 0 Å². The van der Waals surface area contributed by atoms with Crippen LogP contribution in [-0.4, -0.2) is 54.5 Å². The predicted octanol–water partition coefficient (Wildman–Crippen LogP) is -0.989. The topological polar surface area (TPSA) is 77.8 Å². The third-order valence-electron chi connectivity index (χ3n) is 2.01. The predicted molar refractivity (Wildman–Crippen MR) is 49.8 cm³/mol. The fraction of sp³-hybridized carbons (Fsp3) is 1.00. The van der Waals surface area contributed by atoms with Gasteiger partial charge in [-0.3, -0.25) is 0 Å². The van der Waals surface area contributed by atoms with Crippen molar-refractivity contribution in [1.82, 2.24) is 4.31 Å². The second kappa shape index (κ2) is 4.36. The molecule has 2 N–H and O–H groups in total. The highest BCUT2D eigenvalue weighted by Crippen LogP contribution is 2.15. The van der Waals surface area contributed by atoms with Crippen molar-refractivity contribution in [3.05, 3.63) is 0 Å². The van der Waals surface area contributed by atoms with E-state index in [0.29, 0.717) is 0 Å². The largest absolute Gasteiger partial charge is 0.395 e. The summed E-state index contributed by atoms with van der Waals surface area (Å²) in [6, 6.07) is 0. The summed E-state index contributed by atoms with van der Waals surface area (Å²) in [7, 11) is -2.07. The molecule has 0 aromatic carbocycles. The highest BCUT2D eigenvalue weighted by Gasteiger charge is 2.31. The van der Waals surface area contributed by atoms with E-state index in [-0.39, 0.29) is 12.4 Å². The van der Waals surface area contributed by atoms with E-state index in [9.17, 15) is 8.42 Å². The molecule has 0 fully saturated rings. The summed E-state index contributed by atoms with van der Waals surface area (Å²) in [6.07, 6.45) is 0. The summed E-state index contributed by atoms with van der Waals surface area (Å²) in [6.45, 7) is 2.56. The number of nitrogens with zero attached hydrogens (tertiary/aromatic N) is 1. The van der Waals surface area contributed by atoms with Gasteiger partial charge in [0.05, 0.1) is 24.5 Å². The number of hydrogen-bond acceptors (Lipinski definition) is 4. The van der Waals surface area contributed by atoms with E-state index in [2.05, 4.69) is 0 Å². The minimum Gasteiger partial charge on any atom is -0.395 e. The zero-order chi connectivity index (χ0) is 10.7. The Hall–Kier alpha value is -0.170. The van der Waals surface area contributed by atoms with Gasteiger partial charge in [0.25, 0.3) is 0 Å². The van der Waals surface area contributed by atoms with E-state index in [1.807, 2.05) is 0 Å². The lowest BCUT2D eigenvalue weighted by Crippen LogP contribution is -2.48. The van der Waals surface area contributed by atoms with Crippen LogP contribution < -0.4 is 0 Å². The third-order valence-corrected chi connectivity index (χ3v) is 4.03. The molecular formula is C7H17NO4S. The van der Waals surface area contributed by atoms with E-state index in [1.165, 1.54) is 7.05 Å². The standard InChI is InChI=1S/C7H17NO4S/c1-7(2,6-10)8(3)13(11,12)5-4-9/h9-10H,4-6H2,1-3H3. The maximum atomic E-state index is 11.4. The second-order valence-corrected chi connectivity index (χ2v) is 5.60. The molecule has 0 aromatic heterocycles. The van der Waals surface area contributed by atoms with E-state index < -0.39 is 22.2 Å². The maximum Gasteiger partial charge on any atom is 0.216 e. The van der Waals surface area contributed by atoms with Crippen molar-refractivity contribution in [2.24, 2.45) is 0 Å². The summed E-state index contributed by atoms with van der Waals surface area (Å²) >= 11 is 0. The van der Waals surface area contributed by atoms with Gasteiger partial charge in [-0.2, -0.15) is 4.31 Å². The number of aliphatic hydroxyl groups is 2. The van der Waals surface area contributed by atoms with Crippen molar-refractivity contribution in [1.29, 1.82) is 0 Å². The Labute approximate surface area is 79.0 Å². The van der Waals surface area contributed by atoms with Gasteiger partial charge in [-0.1, -0.05) is 0 Å². The SMILES string of the molecule is CN(C(C)(C)CO)S(=O)(=O)CCO. The van der Waals surface area contributed by atoms with Gasteiger partial charge in [0, 0.05) is 7.05 Å². The molecule has 80 valence electrons. The number of sulfonamides is 1. The van der Waals surface area contributed by atoms with Gasteiger partial charge < -0.3 is 10.2 Å². The van der Waals surface area contributed by atoms with Gasteiger partial charge in [-0.25, -0.2) is 8.42 Å². The first kappa shape index (κ1) is 12.8. The molecule has 0 saturated heterocycles. The molecular weight excluding hydrogens is 194 g/mol. The van der Waals surface area contributed by atoms with Crippen molar-refractivity contribution < 1.29 is 18.6 Å². The molecule has 0 saturated carbocycles. The third kappa shape index (κ3) is 3.22. The van der Waals surface area contributed by atoms with Crippen molar-refractivity contribution in [3.8, 4) is 0 Å². The van der Waals surface area contributed by atoms with Gasteiger partial charge in [-0.05, 0) is 13.8 Å². The van der Waals surface area contributed by atoms with Crippen LogP contribution in [0.2, 0.25) is 0 Å². The molecule has 0 amide bonds. The number of likely N-dealkylation sites (N-methyl/N-ethyl adjacent to an activating group) is 1. The lowest BCUT2D eigenvalue weighted by atomic mass is 10.1. The van der Waals surface area contributed by atoms with Crippen LogP contribution >= 0.6 is 0 Å². The molecule has 6 heteroatoms. The molecule has 0 spiro atoms. The van der Waals surface area contributed by atoms with Crippen LogP contribution in [0.5, 0.6) is 0 Å². The molecule has 0 aliphatic heterocycles. The van der Waals surface area contributed by atoms with Crippen LogP contribution in [0.1, 0.15) is 13.8 Å². The van der Waals surface area contributed by atoms with E-state index in [0.717, 1.165) is 4.31 Å². The zero-order valence-corrected chi connectivity index (χ0v) is 9.00. The Morgan fingerprint density at radius 3 is 2.08 bits per heavy atom. The monoisotopic (exact) mass is 211 g/mol. The number of aliphatic hydroxyl groups excluding tert-OH is 2. The van der Waals surface area contributed by atoms with Crippen LogP contribution in [-0.2, 0) is 10.0 Å². The highest BCUT2D eigenvalue weighted by molar-refractivity contribution is 7.89. The normalized spacial score (nSPS) is 13.7. The molecule has 5 nitrogen and oxygen atoms in total. The first-order valence-electron chi connectivity index (χ1n) is 3.96. The fourth-order valence-corrected chi connectivity index (χ4v) is 2.04. The first-order chi connectivity index (χ1) is 5.78. The van der Waals surface area contributed by atoms with Crippen LogP contribution in [0.25, 0.3) is 0 Å². The van der Waals surface area contributed by atoms with Gasteiger partial charge in [0.2, 0.25) is 10.0 Å². The summed E-state index contributed by atoms with van der Waals surface area (Å²) in [5, 5.41) is 17.4. The fourth-order valence-electron chi connectivity index (χ4n) is 0.728. The molecule has 0 aliphatic carbocycles. The van der Waals surface area contributed by atoms with Crippen LogP contribution in [0.3, 0.4) is 0 Å². The van der Waals surface area contributed by atoms with E-state index >= 15 is 0 Å². The minimum absolute atomic E-state index is 0.256. The van der Waals surface area contributed by atoms with E-state index in [1.54, 1.807) is 13.8 Å². The quantitative estimate of drug-likeness (QED) is 0.612. The number of rotatable bonds is 5. The minimum atomic E-state index is -3.46. The summed E-state index contributed by atoms with van der Waals surface area (Å²) in [5.74, 6) is -0.313. The highest BCUT2D eigenvalue weighted by atomic mass is 32.2. The van der Waals surface area contributed by atoms with Crippen LogP contribution in [0.15, 0.2) is 0 Å². The molecule has 0 bridgehead atoms. The Morgan fingerprint density at radius 2 is 1.77 bits per heavy atom. The molecule has 0 aliphatic rings. The van der Waals surface area contributed by atoms with Gasteiger partial charge in [-0.15, -0.1) is 0 Å². The van der Waals surface area contributed by atoms with Crippen molar-refractivity contribution in [2.75, 3.05) is 26.0 Å². The molecule has 0 atom stereocenters. The van der Waals surface area contributed by atoms with Crippen molar-refractivity contribution >= 4 is 10.0 Å². The molecule has 0 rings (SSSR count). The van der Waals surface area contributed by atoms with Gasteiger partial charge in [0.15, 0.2) is 0 Å². The Bertz CT molecular complexity index is 247. The lowest BCUT2D eigenvalue weighted by molar-refractivity contribution is 0.137. The first-order valence-corrected chi connectivity index (χ1v) is 5.57.